The topological polar surface area (TPSA) is 32.3 Å². The van der Waals surface area contributed by atoms with E-state index in [1.54, 1.807) is 12.1 Å². The molecule has 1 saturated carbocycles. The fraction of sp³-hybridized carbons (Fsp3) is 0.600. The Morgan fingerprint density at radius 2 is 2.00 bits per heavy atom. The van der Waals surface area contributed by atoms with Crippen molar-refractivity contribution < 1.29 is 5.11 Å². The van der Waals surface area contributed by atoms with Crippen molar-refractivity contribution >= 4 is 0 Å². The molecule has 2 nitrogen and oxygen atoms in total. The van der Waals surface area contributed by atoms with Crippen LogP contribution in [0.1, 0.15) is 51.1 Å². The van der Waals surface area contributed by atoms with Gasteiger partial charge in [-0.15, -0.1) is 0 Å². The largest absolute Gasteiger partial charge is 0.508 e. The smallest absolute Gasteiger partial charge is 0.115 e. The van der Waals surface area contributed by atoms with Crippen LogP contribution in [0.25, 0.3) is 0 Å². The van der Waals surface area contributed by atoms with Gasteiger partial charge in [0, 0.05) is 12.1 Å². The van der Waals surface area contributed by atoms with Crippen molar-refractivity contribution in [1.82, 2.24) is 5.32 Å². The first-order chi connectivity index (χ1) is 8.24. The zero-order chi connectivity index (χ0) is 12.3. The molecular formula is C15H23NO. The monoisotopic (exact) mass is 233 g/mol. The Morgan fingerprint density at radius 3 is 2.59 bits per heavy atom. The Bertz CT molecular complexity index is 346. The molecule has 2 rings (SSSR count). The minimum absolute atomic E-state index is 0.346. The third-order valence-electron chi connectivity index (χ3n) is 3.70. The molecule has 2 heteroatoms. The van der Waals surface area contributed by atoms with Crippen LogP contribution in [0.2, 0.25) is 0 Å². The Balaban J connectivity index is 1.91. The summed E-state index contributed by atoms with van der Waals surface area (Å²) < 4.78 is 0. The highest BCUT2D eigenvalue weighted by Crippen LogP contribution is 2.37. The first kappa shape index (κ1) is 12.4. The van der Waals surface area contributed by atoms with Crippen LogP contribution in [0.3, 0.4) is 0 Å². The second-order valence-corrected chi connectivity index (χ2v) is 5.11. The maximum Gasteiger partial charge on any atom is 0.115 e. The molecule has 0 heterocycles. The zero-order valence-corrected chi connectivity index (χ0v) is 10.8. The third-order valence-corrected chi connectivity index (χ3v) is 3.70. The van der Waals surface area contributed by atoms with Crippen molar-refractivity contribution in [3.63, 3.8) is 0 Å². The van der Waals surface area contributed by atoms with Crippen molar-refractivity contribution in [3.05, 3.63) is 29.8 Å². The quantitative estimate of drug-likeness (QED) is 0.786. The van der Waals surface area contributed by atoms with Crippen LogP contribution in [0.15, 0.2) is 24.3 Å². The highest BCUT2D eigenvalue weighted by atomic mass is 16.3. The highest BCUT2D eigenvalue weighted by Gasteiger charge is 2.36. The van der Waals surface area contributed by atoms with Crippen LogP contribution in [0.5, 0.6) is 5.75 Å². The predicted molar refractivity (Wildman–Crippen MR) is 71.1 cm³/mol. The van der Waals surface area contributed by atoms with Crippen LogP contribution in [-0.4, -0.2) is 11.1 Å². The Labute approximate surface area is 104 Å². The summed E-state index contributed by atoms with van der Waals surface area (Å²) in [6.07, 6.45) is 5.07. The fourth-order valence-electron chi connectivity index (χ4n) is 2.56. The van der Waals surface area contributed by atoms with Gasteiger partial charge in [-0.25, -0.2) is 0 Å². The molecule has 94 valence electrons. The molecule has 3 atom stereocenters. The van der Waals surface area contributed by atoms with E-state index >= 15 is 0 Å². The summed E-state index contributed by atoms with van der Waals surface area (Å²) in [5.41, 5.74) is 1.28. The van der Waals surface area contributed by atoms with Crippen LogP contribution < -0.4 is 5.32 Å². The number of aromatic hydroxyl groups is 1. The van der Waals surface area contributed by atoms with Gasteiger partial charge in [0.25, 0.3) is 0 Å². The first-order valence-corrected chi connectivity index (χ1v) is 6.79. The molecule has 0 amide bonds. The Kier molecular flexibility index (Phi) is 4.06. The molecular weight excluding hydrogens is 210 g/mol. The maximum absolute atomic E-state index is 9.30. The highest BCUT2D eigenvalue weighted by molar-refractivity contribution is 5.28. The van der Waals surface area contributed by atoms with Gasteiger partial charge in [-0.05, 0) is 42.9 Å². The summed E-state index contributed by atoms with van der Waals surface area (Å²) in [5, 5.41) is 13.0. The molecule has 1 aromatic rings. The van der Waals surface area contributed by atoms with Crippen molar-refractivity contribution in [2.45, 2.75) is 51.6 Å². The van der Waals surface area contributed by atoms with Gasteiger partial charge in [0.15, 0.2) is 0 Å². The van der Waals surface area contributed by atoms with Gasteiger partial charge in [0.05, 0.1) is 0 Å². The lowest BCUT2D eigenvalue weighted by Gasteiger charge is -2.17. The summed E-state index contributed by atoms with van der Waals surface area (Å²) in [6, 6.07) is 8.74. The van der Waals surface area contributed by atoms with Crippen molar-refractivity contribution in [2.75, 3.05) is 0 Å². The van der Waals surface area contributed by atoms with E-state index < -0.39 is 0 Å². The lowest BCUT2D eigenvalue weighted by Crippen LogP contribution is -2.24. The molecule has 1 aliphatic carbocycles. The van der Waals surface area contributed by atoms with E-state index in [4.69, 9.17) is 0 Å². The zero-order valence-electron chi connectivity index (χ0n) is 10.8. The summed E-state index contributed by atoms with van der Waals surface area (Å²) in [7, 11) is 0. The van der Waals surface area contributed by atoms with Crippen molar-refractivity contribution in [2.24, 2.45) is 5.92 Å². The summed E-state index contributed by atoms with van der Waals surface area (Å²) in [6.45, 7) is 4.47. The molecule has 0 aliphatic heterocycles. The van der Waals surface area contributed by atoms with Crippen LogP contribution in [-0.2, 0) is 0 Å². The number of phenols is 1. The minimum Gasteiger partial charge on any atom is -0.508 e. The van der Waals surface area contributed by atoms with E-state index in [0.717, 1.165) is 12.3 Å². The third kappa shape index (κ3) is 3.22. The Morgan fingerprint density at radius 1 is 1.29 bits per heavy atom. The molecule has 0 spiro atoms. The van der Waals surface area contributed by atoms with E-state index in [9.17, 15) is 5.11 Å². The molecule has 1 fully saturated rings. The van der Waals surface area contributed by atoms with Gasteiger partial charge in [0.1, 0.15) is 5.75 Å². The molecule has 1 aliphatic rings. The van der Waals surface area contributed by atoms with Gasteiger partial charge in [-0.3, -0.25) is 0 Å². The van der Waals surface area contributed by atoms with Gasteiger partial charge >= 0.3 is 0 Å². The maximum atomic E-state index is 9.30. The molecule has 2 N–H and O–H groups in total. The second kappa shape index (κ2) is 5.54. The normalized spacial score (nSPS) is 24.6. The van der Waals surface area contributed by atoms with Crippen LogP contribution >= 0.6 is 0 Å². The molecule has 17 heavy (non-hydrogen) atoms. The van der Waals surface area contributed by atoms with Crippen LogP contribution in [0.4, 0.5) is 0 Å². The Hall–Kier alpha value is -1.02. The second-order valence-electron chi connectivity index (χ2n) is 5.11. The predicted octanol–water partition coefficient (Wildman–Crippen LogP) is 3.62. The number of phenolic OH excluding ortho intramolecular Hbond substituents is 1. The molecule has 0 saturated heterocycles. The number of hydrogen-bond donors (Lipinski definition) is 2. The number of nitrogens with one attached hydrogen (secondary N) is 1. The lowest BCUT2D eigenvalue weighted by atomic mass is 10.0. The minimum atomic E-state index is 0.346. The average Bonchev–Trinajstić information content (AvgIpc) is 3.06. The molecule has 3 unspecified atom stereocenters. The molecule has 0 aromatic heterocycles. The van der Waals surface area contributed by atoms with E-state index in [0.29, 0.717) is 17.8 Å². The number of hydrogen-bond acceptors (Lipinski definition) is 2. The van der Waals surface area contributed by atoms with Gasteiger partial charge < -0.3 is 10.4 Å². The van der Waals surface area contributed by atoms with Gasteiger partial charge in [-0.1, -0.05) is 32.4 Å². The summed E-state index contributed by atoms with van der Waals surface area (Å²) in [5.74, 6) is 1.24. The standard InChI is InChI=1S/C15H23NO/c1-3-5-12-10-15(12)16-14(4-2)11-6-8-13(17)9-7-11/h6-9,12,14-17H,3-5,10H2,1-2H3. The van der Waals surface area contributed by atoms with E-state index in [1.165, 1.54) is 24.8 Å². The number of benzene rings is 1. The lowest BCUT2D eigenvalue weighted by molar-refractivity contribution is 0.471. The van der Waals surface area contributed by atoms with E-state index in [-0.39, 0.29) is 0 Å². The average molecular weight is 233 g/mol. The van der Waals surface area contributed by atoms with E-state index in [1.807, 2.05) is 12.1 Å². The fourth-order valence-corrected chi connectivity index (χ4v) is 2.56. The van der Waals surface area contributed by atoms with Crippen molar-refractivity contribution in [1.29, 1.82) is 0 Å². The van der Waals surface area contributed by atoms with Crippen molar-refractivity contribution in [3.8, 4) is 5.75 Å². The van der Waals surface area contributed by atoms with Gasteiger partial charge in [-0.2, -0.15) is 0 Å². The molecule has 0 bridgehead atoms. The number of rotatable bonds is 6. The summed E-state index contributed by atoms with van der Waals surface area (Å²) >= 11 is 0. The van der Waals surface area contributed by atoms with Gasteiger partial charge in [0.2, 0.25) is 0 Å². The van der Waals surface area contributed by atoms with Crippen LogP contribution in [0, 0.1) is 5.92 Å². The summed E-state index contributed by atoms with van der Waals surface area (Å²) in [4.78, 5) is 0. The molecule has 0 radical (unpaired) electrons. The first-order valence-electron chi connectivity index (χ1n) is 6.79. The van der Waals surface area contributed by atoms with E-state index in [2.05, 4.69) is 19.2 Å². The molecule has 1 aromatic carbocycles. The SMILES string of the molecule is CCCC1CC1NC(CC)c1ccc(O)cc1.